The Morgan fingerprint density at radius 3 is 2.71 bits per heavy atom. The van der Waals surface area contributed by atoms with Crippen LogP contribution < -0.4 is 9.64 Å². The number of aromatic nitrogens is 1. The molecular weight excluding hydrogens is 550 g/mol. The maximum absolute atomic E-state index is 11.8. The number of aliphatic carboxylic acids is 1. The summed E-state index contributed by atoms with van der Waals surface area (Å²) in [6.45, 7) is 6.23. The summed E-state index contributed by atoms with van der Waals surface area (Å²) in [6.07, 6.45) is 1.51. The number of ether oxygens (including phenoxy) is 2. The van der Waals surface area contributed by atoms with E-state index in [4.69, 9.17) is 14.5 Å². The van der Waals surface area contributed by atoms with Crippen molar-refractivity contribution >= 4 is 22.4 Å². The van der Waals surface area contributed by atoms with Gasteiger partial charge in [-0.2, -0.15) is 10.5 Å². The summed E-state index contributed by atoms with van der Waals surface area (Å²) in [5, 5.41) is 31.7. The molecule has 2 aliphatic heterocycles. The van der Waals surface area contributed by atoms with Gasteiger partial charge in [0, 0.05) is 49.2 Å². The van der Waals surface area contributed by atoms with Gasteiger partial charge < -0.3 is 19.5 Å². The molecule has 3 aliphatic rings. The average Bonchev–Trinajstić information content (AvgIpc) is 3.59. The zero-order valence-electron chi connectivity index (χ0n) is 23.5. The van der Waals surface area contributed by atoms with E-state index >= 15 is 0 Å². The Bertz CT molecular complexity index is 1540. The normalized spacial score (nSPS) is 23.7. The summed E-state index contributed by atoms with van der Waals surface area (Å²) in [4.78, 5) is 21.2. The van der Waals surface area contributed by atoms with E-state index in [0.717, 1.165) is 65.6 Å². The fourth-order valence-corrected chi connectivity index (χ4v) is 7.42. The fourth-order valence-electron chi connectivity index (χ4n) is 6.57. The summed E-state index contributed by atoms with van der Waals surface area (Å²) >= 11 is 1.58. The highest BCUT2D eigenvalue weighted by molar-refractivity contribution is 7.14. The first kappa shape index (κ1) is 28.2. The standard InChI is InChI=1S/C32H33N5O4S/c1-20-2-7-29(41-18-24-4-3-21(11-25(24)12-33)14-36-8-9-40-26(13-34)17-36)27(10-20)28-19-42-32(35-28)37-15-22-5-6-23(16-37)30(22)31(38)39/h2-4,7,10-11,19,22-23,26,30H,5-6,8-9,14-18H2,1H3,(H,38,39)/t22-,23+,26?,30?. The van der Waals surface area contributed by atoms with Crippen LogP contribution in [0.15, 0.2) is 41.8 Å². The van der Waals surface area contributed by atoms with E-state index in [-0.39, 0.29) is 24.4 Å². The minimum Gasteiger partial charge on any atom is -0.488 e. The number of carbonyl (C=O) groups is 1. The number of rotatable bonds is 8. The number of benzene rings is 2. The first-order valence-electron chi connectivity index (χ1n) is 14.3. The van der Waals surface area contributed by atoms with Crippen molar-refractivity contribution < 1.29 is 19.4 Å². The predicted molar refractivity (Wildman–Crippen MR) is 158 cm³/mol. The fraction of sp³-hybridized carbons (Fsp3) is 0.438. The van der Waals surface area contributed by atoms with Crippen LogP contribution in [-0.4, -0.2) is 59.8 Å². The van der Waals surface area contributed by atoms with Crippen LogP contribution >= 0.6 is 11.3 Å². The van der Waals surface area contributed by atoms with Crippen LogP contribution in [0.25, 0.3) is 11.3 Å². The number of aryl methyl sites for hydroxylation is 1. The number of thiazole rings is 1. The maximum Gasteiger partial charge on any atom is 0.307 e. The molecule has 1 saturated carbocycles. The number of carboxylic acid groups (broad SMARTS) is 1. The third kappa shape index (κ3) is 5.84. The third-order valence-electron chi connectivity index (χ3n) is 8.67. The second-order valence-corrected chi connectivity index (χ2v) is 12.3. The summed E-state index contributed by atoms with van der Waals surface area (Å²) in [7, 11) is 0. The monoisotopic (exact) mass is 583 g/mol. The Kier molecular flexibility index (Phi) is 8.12. The van der Waals surface area contributed by atoms with Crippen molar-refractivity contribution in [2.45, 2.75) is 39.0 Å². The molecule has 3 aromatic rings. The molecule has 216 valence electrons. The van der Waals surface area contributed by atoms with Gasteiger partial charge >= 0.3 is 5.97 Å². The molecule has 4 atom stereocenters. The Labute approximate surface area is 249 Å². The smallest absolute Gasteiger partial charge is 0.307 e. The second-order valence-electron chi connectivity index (χ2n) is 11.5. The van der Waals surface area contributed by atoms with Crippen molar-refractivity contribution in [3.05, 3.63) is 64.0 Å². The molecule has 1 N–H and O–H groups in total. The number of anilines is 1. The number of hydrogen-bond donors (Lipinski definition) is 1. The van der Waals surface area contributed by atoms with E-state index < -0.39 is 12.1 Å². The molecule has 9 nitrogen and oxygen atoms in total. The SMILES string of the molecule is Cc1ccc(OCc2ccc(CN3CCOC(C#N)C3)cc2C#N)c(-c2csc(N3C[C@H]4CC[C@@H](C3)C4C(=O)O)n2)c1. The molecule has 42 heavy (non-hydrogen) atoms. The Morgan fingerprint density at radius 2 is 1.98 bits per heavy atom. The summed E-state index contributed by atoms with van der Waals surface area (Å²) < 4.78 is 11.7. The van der Waals surface area contributed by atoms with E-state index in [2.05, 4.69) is 28.0 Å². The summed E-state index contributed by atoms with van der Waals surface area (Å²) in [5.41, 5.74) is 5.22. The molecule has 0 amide bonds. The van der Waals surface area contributed by atoms with Crippen molar-refractivity contribution in [3.63, 3.8) is 0 Å². The number of hydrogen-bond acceptors (Lipinski definition) is 9. The largest absolute Gasteiger partial charge is 0.488 e. The first-order valence-corrected chi connectivity index (χ1v) is 15.2. The third-order valence-corrected chi connectivity index (χ3v) is 9.57. The van der Waals surface area contributed by atoms with Crippen LogP contribution in [0.4, 0.5) is 5.13 Å². The zero-order valence-corrected chi connectivity index (χ0v) is 24.3. The molecular formula is C32H33N5O4S. The van der Waals surface area contributed by atoms with E-state index in [1.165, 1.54) is 0 Å². The molecule has 0 spiro atoms. The Hall–Kier alpha value is -3.96. The molecule has 1 aromatic heterocycles. The highest BCUT2D eigenvalue weighted by Crippen LogP contribution is 2.44. The van der Waals surface area contributed by atoms with Crippen molar-refractivity contribution in [1.82, 2.24) is 9.88 Å². The van der Waals surface area contributed by atoms with E-state index in [9.17, 15) is 20.4 Å². The van der Waals surface area contributed by atoms with Crippen LogP contribution in [0.2, 0.25) is 0 Å². The highest BCUT2D eigenvalue weighted by Gasteiger charge is 2.46. The highest BCUT2D eigenvalue weighted by atomic mass is 32.1. The van der Waals surface area contributed by atoms with Crippen molar-refractivity contribution in [1.29, 1.82) is 10.5 Å². The van der Waals surface area contributed by atoms with E-state index in [1.807, 2.05) is 42.6 Å². The molecule has 2 aromatic carbocycles. The van der Waals surface area contributed by atoms with Crippen molar-refractivity contribution in [2.75, 3.05) is 37.7 Å². The van der Waals surface area contributed by atoms with Crippen molar-refractivity contribution in [2.24, 2.45) is 17.8 Å². The van der Waals surface area contributed by atoms with E-state index in [0.29, 0.717) is 31.0 Å². The van der Waals surface area contributed by atoms with Crippen LogP contribution in [0, 0.1) is 47.3 Å². The summed E-state index contributed by atoms with van der Waals surface area (Å²) in [6, 6.07) is 16.4. The molecule has 1 aliphatic carbocycles. The van der Waals surface area contributed by atoms with Crippen molar-refractivity contribution in [3.8, 4) is 29.1 Å². The number of morpholine rings is 1. The molecule has 3 fully saturated rings. The Balaban J connectivity index is 1.15. The number of nitrogens with zero attached hydrogens (tertiary/aromatic N) is 5. The lowest BCUT2D eigenvalue weighted by molar-refractivity contribution is -0.144. The lowest BCUT2D eigenvalue weighted by Gasteiger charge is -2.35. The van der Waals surface area contributed by atoms with Gasteiger partial charge in [0.2, 0.25) is 0 Å². The average molecular weight is 584 g/mol. The summed E-state index contributed by atoms with van der Waals surface area (Å²) in [5.74, 6) is 0.153. The lowest BCUT2D eigenvalue weighted by atomic mass is 9.85. The molecule has 6 rings (SSSR count). The number of nitriles is 2. The van der Waals surface area contributed by atoms with Gasteiger partial charge in [0.1, 0.15) is 12.4 Å². The van der Waals surface area contributed by atoms with Gasteiger partial charge in [-0.05, 0) is 55.4 Å². The van der Waals surface area contributed by atoms with Gasteiger partial charge in [-0.25, -0.2) is 4.98 Å². The minimum absolute atomic E-state index is 0.176. The quantitative estimate of drug-likeness (QED) is 0.397. The van der Waals surface area contributed by atoms with Gasteiger partial charge in [-0.1, -0.05) is 23.8 Å². The topological polar surface area (TPSA) is 123 Å². The van der Waals surface area contributed by atoms with Gasteiger partial charge in [-0.15, -0.1) is 11.3 Å². The van der Waals surface area contributed by atoms with Gasteiger partial charge in [0.25, 0.3) is 0 Å². The van der Waals surface area contributed by atoms with Gasteiger partial charge in [0.15, 0.2) is 11.2 Å². The number of fused-ring (bicyclic) bond motifs is 2. The van der Waals surface area contributed by atoms with Crippen LogP contribution in [0.1, 0.15) is 35.1 Å². The minimum atomic E-state index is -0.663. The number of piperidine rings is 1. The predicted octanol–water partition coefficient (Wildman–Crippen LogP) is 4.84. The molecule has 2 unspecified atom stereocenters. The lowest BCUT2D eigenvalue weighted by Crippen LogP contribution is -2.44. The van der Waals surface area contributed by atoms with Gasteiger partial charge in [-0.3, -0.25) is 9.69 Å². The Morgan fingerprint density at radius 1 is 1.17 bits per heavy atom. The van der Waals surface area contributed by atoms with Crippen LogP contribution in [-0.2, 0) is 22.7 Å². The molecule has 3 heterocycles. The molecule has 2 saturated heterocycles. The number of carboxylic acids is 1. The van der Waals surface area contributed by atoms with Gasteiger partial charge in [0.05, 0.1) is 35.9 Å². The molecule has 2 bridgehead atoms. The molecule has 0 radical (unpaired) electrons. The second kappa shape index (κ2) is 12.1. The maximum atomic E-state index is 11.8. The first-order chi connectivity index (χ1) is 20.4. The molecule has 10 heteroatoms. The van der Waals surface area contributed by atoms with E-state index in [1.54, 1.807) is 11.3 Å². The zero-order chi connectivity index (χ0) is 29.2. The van der Waals surface area contributed by atoms with Crippen LogP contribution in [0.5, 0.6) is 5.75 Å². The van der Waals surface area contributed by atoms with Crippen LogP contribution in [0.3, 0.4) is 0 Å².